The molecule has 0 spiro atoms. The van der Waals surface area contributed by atoms with Gasteiger partial charge in [0.1, 0.15) is 0 Å². The Morgan fingerprint density at radius 1 is 1.00 bits per heavy atom. The molecule has 5 aliphatic rings. The van der Waals surface area contributed by atoms with Gasteiger partial charge in [-0.05, 0) is 63.7 Å². The number of fused-ring (bicyclic) bond motifs is 3. The molecule has 0 amide bonds. The minimum atomic E-state index is 0.487. The van der Waals surface area contributed by atoms with Crippen LogP contribution in [-0.4, -0.2) is 35.1 Å². The van der Waals surface area contributed by atoms with Crippen molar-refractivity contribution in [2.24, 2.45) is 39.7 Å². The molecule has 0 aromatic rings. The van der Waals surface area contributed by atoms with E-state index in [9.17, 15) is 0 Å². The summed E-state index contributed by atoms with van der Waals surface area (Å²) >= 11 is 0. The third-order valence-corrected chi connectivity index (χ3v) is 8.85. The fourth-order valence-corrected chi connectivity index (χ4v) is 6.84. The largest absolute Gasteiger partial charge is 0.293 e. The number of rotatable bonds is 2. The molecule has 154 valence electrons. The molecule has 0 radical (unpaired) electrons. The average molecular weight is 382 g/mol. The first-order chi connectivity index (χ1) is 13.6. The Morgan fingerprint density at radius 2 is 1.79 bits per heavy atom. The van der Waals surface area contributed by atoms with Crippen LogP contribution >= 0.6 is 0 Å². The molecule has 2 heterocycles. The van der Waals surface area contributed by atoms with Crippen LogP contribution in [0.5, 0.6) is 0 Å². The molecule has 0 N–H and O–H groups in total. The third-order valence-electron chi connectivity index (χ3n) is 8.85. The number of aliphatic imine (C=N–C) groups is 1. The molecule has 0 aromatic carbocycles. The van der Waals surface area contributed by atoms with Crippen molar-refractivity contribution in [1.82, 2.24) is 5.01 Å². The van der Waals surface area contributed by atoms with Gasteiger partial charge in [-0.1, -0.05) is 44.8 Å². The fraction of sp³-hybridized carbons (Fsp3) is 0.840. The van der Waals surface area contributed by atoms with Gasteiger partial charge in [0.15, 0.2) is 0 Å². The summed E-state index contributed by atoms with van der Waals surface area (Å²) in [4.78, 5) is 5.17. The predicted molar refractivity (Wildman–Crippen MR) is 118 cm³/mol. The highest BCUT2D eigenvalue weighted by molar-refractivity contribution is 6.02. The van der Waals surface area contributed by atoms with Crippen molar-refractivity contribution in [1.29, 1.82) is 0 Å². The van der Waals surface area contributed by atoms with Gasteiger partial charge in [-0.3, -0.25) is 10.0 Å². The van der Waals surface area contributed by atoms with Crippen molar-refractivity contribution in [2.75, 3.05) is 0 Å². The standard InChI is InChI=1S/C25H39N3/c1-16-9-11-19(12-10-16)24-22-15-26-23-14-18(3)17(2)13-21(23)25(22)28(27-24)20-7-5-4-6-8-20/h9,15,17-23,25H,4-8,10-14H2,1-3H3. The molecule has 5 rings (SSSR count). The highest BCUT2D eigenvalue weighted by Gasteiger charge is 2.51. The summed E-state index contributed by atoms with van der Waals surface area (Å²) in [7, 11) is 0. The highest BCUT2D eigenvalue weighted by Crippen LogP contribution is 2.47. The van der Waals surface area contributed by atoms with E-state index in [-0.39, 0.29) is 0 Å². The van der Waals surface area contributed by atoms with Crippen molar-refractivity contribution in [3.63, 3.8) is 0 Å². The molecule has 0 aromatic heterocycles. The summed E-state index contributed by atoms with van der Waals surface area (Å²) in [6.07, 6.45) is 18.1. The summed E-state index contributed by atoms with van der Waals surface area (Å²) in [5.41, 5.74) is 3.07. The lowest BCUT2D eigenvalue weighted by Gasteiger charge is -2.48. The summed E-state index contributed by atoms with van der Waals surface area (Å²) in [5.74, 6) is 3.48. The van der Waals surface area contributed by atoms with E-state index in [0.29, 0.717) is 35.9 Å². The molecule has 3 nitrogen and oxygen atoms in total. The maximum atomic E-state index is 5.47. The van der Waals surface area contributed by atoms with Crippen molar-refractivity contribution >= 4 is 11.9 Å². The maximum Gasteiger partial charge on any atom is 0.0653 e. The molecule has 2 saturated carbocycles. The Kier molecular flexibility index (Phi) is 5.13. The van der Waals surface area contributed by atoms with Gasteiger partial charge < -0.3 is 0 Å². The van der Waals surface area contributed by atoms with Crippen LogP contribution in [0.25, 0.3) is 0 Å². The Bertz CT molecular complexity index is 671. The van der Waals surface area contributed by atoms with E-state index in [0.717, 1.165) is 11.8 Å². The number of nitrogens with zero attached hydrogens (tertiary/aromatic N) is 3. The van der Waals surface area contributed by atoms with Gasteiger partial charge in [0, 0.05) is 24.1 Å². The minimum absolute atomic E-state index is 0.487. The quantitative estimate of drug-likeness (QED) is 0.551. The second-order valence-electron chi connectivity index (χ2n) is 10.7. The zero-order valence-corrected chi connectivity index (χ0v) is 18.2. The van der Waals surface area contributed by atoms with E-state index in [1.165, 1.54) is 69.9 Å². The molecule has 0 saturated heterocycles. The molecule has 3 aliphatic carbocycles. The average Bonchev–Trinajstić information content (AvgIpc) is 3.10. The van der Waals surface area contributed by atoms with Crippen LogP contribution in [0.4, 0.5) is 0 Å². The van der Waals surface area contributed by atoms with Gasteiger partial charge in [0.05, 0.1) is 23.7 Å². The fourth-order valence-electron chi connectivity index (χ4n) is 6.84. The van der Waals surface area contributed by atoms with E-state index in [1.807, 2.05) is 0 Å². The summed E-state index contributed by atoms with van der Waals surface area (Å²) in [6, 6.07) is 1.82. The van der Waals surface area contributed by atoms with Crippen LogP contribution in [0.15, 0.2) is 21.7 Å². The lowest BCUT2D eigenvalue weighted by molar-refractivity contribution is 0.0345. The Labute approximate surface area is 171 Å². The first-order valence-corrected chi connectivity index (χ1v) is 12.2. The smallest absolute Gasteiger partial charge is 0.0653 e. The first kappa shape index (κ1) is 18.9. The molecule has 7 unspecified atom stereocenters. The van der Waals surface area contributed by atoms with E-state index in [4.69, 9.17) is 10.1 Å². The Morgan fingerprint density at radius 3 is 2.54 bits per heavy atom. The second-order valence-corrected chi connectivity index (χ2v) is 10.7. The summed E-state index contributed by atoms with van der Waals surface area (Å²) in [5, 5.41) is 8.13. The normalized spacial score (nSPS) is 44.0. The molecule has 0 bridgehead atoms. The van der Waals surface area contributed by atoms with E-state index in [1.54, 1.807) is 5.57 Å². The van der Waals surface area contributed by atoms with Crippen LogP contribution in [0.3, 0.4) is 0 Å². The topological polar surface area (TPSA) is 28.0 Å². The SMILES string of the molecule is CC1=CCC(C2=NN(C3CCCCC3)C3C2C=NC2CC(C)C(C)CC23)CC1. The van der Waals surface area contributed by atoms with Crippen LogP contribution in [0, 0.1) is 29.6 Å². The highest BCUT2D eigenvalue weighted by atomic mass is 15.5. The summed E-state index contributed by atoms with van der Waals surface area (Å²) in [6.45, 7) is 7.21. The number of hydrogen-bond acceptors (Lipinski definition) is 3. The molecule has 28 heavy (non-hydrogen) atoms. The van der Waals surface area contributed by atoms with Crippen LogP contribution in [-0.2, 0) is 0 Å². The van der Waals surface area contributed by atoms with Gasteiger partial charge in [0.25, 0.3) is 0 Å². The van der Waals surface area contributed by atoms with Crippen molar-refractivity contribution in [3.8, 4) is 0 Å². The number of hydrogen-bond donors (Lipinski definition) is 0. The van der Waals surface area contributed by atoms with Crippen molar-refractivity contribution in [2.45, 2.75) is 103 Å². The van der Waals surface area contributed by atoms with Crippen LogP contribution in [0.2, 0.25) is 0 Å². The second kappa shape index (κ2) is 7.61. The monoisotopic (exact) mass is 381 g/mol. The van der Waals surface area contributed by atoms with Gasteiger partial charge in [-0.2, -0.15) is 5.10 Å². The zero-order chi connectivity index (χ0) is 19.3. The van der Waals surface area contributed by atoms with E-state index < -0.39 is 0 Å². The van der Waals surface area contributed by atoms with E-state index >= 15 is 0 Å². The van der Waals surface area contributed by atoms with Crippen molar-refractivity contribution in [3.05, 3.63) is 11.6 Å². The van der Waals surface area contributed by atoms with Crippen LogP contribution in [0.1, 0.15) is 85.0 Å². The van der Waals surface area contributed by atoms with Crippen molar-refractivity contribution < 1.29 is 0 Å². The van der Waals surface area contributed by atoms with Gasteiger partial charge in [-0.25, -0.2) is 0 Å². The zero-order valence-electron chi connectivity index (χ0n) is 18.2. The molecule has 3 heteroatoms. The molecular formula is C25H39N3. The molecule has 2 fully saturated rings. The number of allylic oxidation sites excluding steroid dienone is 2. The molecule has 2 aliphatic heterocycles. The third kappa shape index (κ3) is 3.27. The lowest BCUT2D eigenvalue weighted by atomic mass is 9.65. The summed E-state index contributed by atoms with van der Waals surface area (Å²) < 4.78 is 0. The Balaban J connectivity index is 1.47. The van der Waals surface area contributed by atoms with Gasteiger partial charge in [0.2, 0.25) is 0 Å². The number of hydrazone groups is 1. The predicted octanol–water partition coefficient (Wildman–Crippen LogP) is 5.86. The maximum absolute atomic E-state index is 5.47. The van der Waals surface area contributed by atoms with Gasteiger partial charge >= 0.3 is 0 Å². The minimum Gasteiger partial charge on any atom is -0.293 e. The first-order valence-electron chi connectivity index (χ1n) is 12.2. The van der Waals surface area contributed by atoms with Crippen LogP contribution < -0.4 is 0 Å². The molecule has 7 atom stereocenters. The van der Waals surface area contributed by atoms with Gasteiger partial charge in [-0.15, -0.1) is 0 Å². The van der Waals surface area contributed by atoms with E-state index in [2.05, 4.69) is 38.1 Å². The Hall–Kier alpha value is -1.12. The lowest BCUT2D eigenvalue weighted by Crippen LogP contribution is -2.53. The molecular weight excluding hydrogens is 342 g/mol.